The van der Waals surface area contributed by atoms with Gasteiger partial charge in [0.25, 0.3) is 0 Å². The van der Waals surface area contributed by atoms with Gasteiger partial charge in [-0.2, -0.15) is 0 Å². The third kappa shape index (κ3) is 3.88. The van der Waals surface area contributed by atoms with Crippen LogP contribution in [0.3, 0.4) is 0 Å². The molecule has 0 aromatic heterocycles. The van der Waals surface area contributed by atoms with E-state index in [1.807, 2.05) is 0 Å². The molecule has 2 aromatic carbocycles. The van der Waals surface area contributed by atoms with Gasteiger partial charge in [0.1, 0.15) is 23.1 Å². The normalized spacial score (nSPS) is 10.1. The van der Waals surface area contributed by atoms with Crippen molar-refractivity contribution in [3.63, 3.8) is 0 Å². The summed E-state index contributed by atoms with van der Waals surface area (Å²) in [5.41, 5.74) is -0.111. The van der Waals surface area contributed by atoms with Crippen LogP contribution in [-0.4, -0.2) is 13.2 Å². The number of anilines is 1. The van der Waals surface area contributed by atoms with Crippen molar-refractivity contribution in [2.45, 2.75) is 0 Å². The van der Waals surface area contributed by atoms with Gasteiger partial charge in [-0.05, 0) is 12.1 Å². The molecule has 0 saturated carbocycles. The average molecular weight is 297 g/mol. The monoisotopic (exact) mass is 297 g/mol. The molecule has 0 bridgehead atoms. The first-order chi connectivity index (χ1) is 9.97. The highest BCUT2D eigenvalue weighted by atomic mass is 19.1. The van der Waals surface area contributed by atoms with Crippen molar-refractivity contribution in [1.29, 1.82) is 0 Å². The molecule has 0 aliphatic rings. The minimum absolute atomic E-state index is 0.0212. The number of amides is 1. The Morgan fingerprint density at radius 1 is 1.00 bits per heavy atom. The lowest BCUT2D eigenvalue weighted by Gasteiger charge is -2.09. The van der Waals surface area contributed by atoms with Crippen LogP contribution in [0.5, 0.6) is 11.5 Å². The SMILES string of the molecule is COC(=O)Nc1ccc(Oc2cc(F)cc(F)c2)cc1F. The number of rotatable bonds is 3. The fourth-order valence-electron chi connectivity index (χ4n) is 1.55. The number of hydrogen-bond acceptors (Lipinski definition) is 3. The zero-order valence-corrected chi connectivity index (χ0v) is 10.8. The molecule has 0 atom stereocenters. The Balaban J connectivity index is 2.18. The molecular weight excluding hydrogens is 287 g/mol. The standard InChI is InChI=1S/C14H10F3NO3/c1-20-14(19)18-13-3-2-10(7-12(13)17)21-11-5-8(15)4-9(16)6-11/h2-7H,1H3,(H,18,19). The van der Waals surface area contributed by atoms with Gasteiger partial charge >= 0.3 is 6.09 Å². The van der Waals surface area contributed by atoms with Gasteiger partial charge in [0.2, 0.25) is 0 Å². The Morgan fingerprint density at radius 3 is 2.24 bits per heavy atom. The van der Waals surface area contributed by atoms with E-state index in [0.717, 1.165) is 25.3 Å². The van der Waals surface area contributed by atoms with E-state index in [-0.39, 0.29) is 17.2 Å². The van der Waals surface area contributed by atoms with E-state index in [2.05, 4.69) is 10.1 Å². The Labute approximate surface area is 118 Å². The van der Waals surface area contributed by atoms with Crippen molar-refractivity contribution in [1.82, 2.24) is 0 Å². The van der Waals surface area contributed by atoms with Gasteiger partial charge < -0.3 is 9.47 Å². The number of benzene rings is 2. The van der Waals surface area contributed by atoms with Gasteiger partial charge in [0, 0.05) is 24.3 Å². The Kier molecular flexibility index (Phi) is 4.32. The van der Waals surface area contributed by atoms with Crippen LogP contribution in [0.4, 0.5) is 23.7 Å². The van der Waals surface area contributed by atoms with Gasteiger partial charge in [0.15, 0.2) is 5.82 Å². The molecule has 0 spiro atoms. The molecular formula is C14H10F3NO3. The van der Waals surface area contributed by atoms with Crippen LogP contribution in [-0.2, 0) is 4.74 Å². The van der Waals surface area contributed by atoms with Crippen LogP contribution >= 0.6 is 0 Å². The van der Waals surface area contributed by atoms with Crippen LogP contribution in [0.2, 0.25) is 0 Å². The van der Waals surface area contributed by atoms with E-state index in [4.69, 9.17) is 4.74 Å². The minimum atomic E-state index is -0.824. The van der Waals surface area contributed by atoms with E-state index in [0.29, 0.717) is 6.07 Å². The zero-order chi connectivity index (χ0) is 15.4. The largest absolute Gasteiger partial charge is 0.457 e. The lowest BCUT2D eigenvalue weighted by atomic mass is 10.3. The lowest BCUT2D eigenvalue weighted by Crippen LogP contribution is -2.12. The predicted molar refractivity (Wildman–Crippen MR) is 68.9 cm³/mol. The smallest absolute Gasteiger partial charge is 0.411 e. The average Bonchev–Trinajstić information content (AvgIpc) is 2.40. The number of nitrogens with one attached hydrogen (secondary N) is 1. The summed E-state index contributed by atoms with van der Waals surface area (Å²) in [5.74, 6) is -2.49. The first kappa shape index (κ1) is 14.7. The van der Waals surface area contributed by atoms with Gasteiger partial charge in [-0.1, -0.05) is 0 Å². The van der Waals surface area contributed by atoms with E-state index in [1.165, 1.54) is 12.1 Å². The van der Waals surface area contributed by atoms with E-state index < -0.39 is 23.5 Å². The summed E-state index contributed by atoms with van der Waals surface area (Å²) in [6.07, 6.45) is -0.824. The molecule has 0 heterocycles. The van der Waals surface area contributed by atoms with Gasteiger partial charge in [0.05, 0.1) is 12.8 Å². The number of halogens is 3. The van der Waals surface area contributed by atoms with E-state index >= 15 is 0 Å². The first-order valence-electron chi connectivity index (χ1n) is 5.76. The first-order valence-corrected chi connectivity index (χ1v) is 5.76. The van der Waals surface area contributed by atoms with Crippen LogP contribution in [0, 0.1) is 17.5 Å². The summed E-state index contributed by atoms with van der Waals surface area (Å²) in [5, 5.41) is 2.16. The summed E-state index contributed by atoms with van der Waals surface area (Å²) >= 11 is 0. The highest BCUT2D eigenvalue weighted by molar-refractivity contribution is 5.84. The fourth-order valence-corrected chi connectivity index (χ4v) is 1.55. The summed E-state index contributed by atoms with van der Waals surface area (Å²) in [6, 6.07) is 6.14. The molecule has 0 aliphatic carbocycles. The van der Waals surface area contributed by atoms with Crippen molar-refractivity contribution in [3.05, 3.63) is 53.8 Å². The molecule has 110 valence electrons. The summed E-state index contributed by atoms with van der Waals surface area (Å²) in [7, 11) is 1.14. The second-order valence-electron chi connectivity index (χ2n) is 3.97. The van der Waals surface area contributed by atoms with E-state index in [1.54, 1.807) is 0 Å². The molecule has 1 N–H and O–H groups in total. The number of ether oxygens (including phenoxy) is 2. The maximum absolute atomic E-state index is 13.7. The predicted octanol–water partition coefficient (Wildman–Crippen LogP) is 4.07. The van der Waals surface area contributed by atoms with Crippen LogP contribution in [0.1, 0.15) is 0 Å². The van der Waals surface area contributed by atoms with Crippen molar-refractivity contribution in [2.24, 2.45) is 0 Å². The number of carbonyl (C=O) groups excluding carboxylic acids is 1. The maximum atomic E-state index is 13.7. The van der Waals surface area contributed by atoms with Crippen LogP contribution < -0.4 is 10.1 Å². The molecule has 1 amide bonds. The maximum Gasteiger partial charge on any atom is 0.411 e. The Bertz CT molecular complexity index is 656. The summed E-state index contributed by atoms with van der Waals surface area (Å²) in [4.78, 5) is 11.0. The van der Waals surface area contributed by atoms with Crippen molar-refractivity contribution >= 4 is 11.8 Å². The van der Waals surface area contributed by atoms with Crippen molar-refractivity contribution < 1.29 is 27.4 Å². The van der Waals surface area contributed by atoms with Gasteiger partial charge in [-0.3, -0.25) is 5.32 Å². The number of hydrogen-bond donors (Lipinski definition) is 1. The molecule has 0 unspecified atom stereocenters. The zero-order valence-electron chi connectivity index (χ0n) is 10.8. The molecule has 4 nitrogen and oxygen atoms in total. The lowest BCUT2D eigenvalue weighted by molar-refractivity contribution is 0.186. The van der Waals surface area contributed by atoms with Crippen LogP contribution in [0.15, 0.2) is 36.4 Å². The molecule has 7 heteroatoms. The quantitative estimate of drug-likeness (QED) is 0.928. The second kappa shape index (κ2) is 6.17. The number of carbonyl (C=O) groups is 1. The summed E-state index contributed by atoms with van der Waals surface area (Å²) in [6.45, 7) is 0. The van der Waals surface area contributed by atoms with Crippen molar-refractivity contribution in [2.75, 3.05) is 12.4 Å². The highest BCUT2D eigenvalue weighted by Gasteiger charge is 2.09. The van der Waals surface area contributed by atoms with Crippen molar-refractivity contribution in [3.8, 4) is 11.5 Å². The molecule has 2 rings (SSSR count). The third-order valence-electron chi connectivity index (χ3n) is 2.43. The minimum Gasteiger partial charge on any atom is -0.457 e. The third-order valence-corrected chi connectivity index (χ3v) is 2.43. The molecule has 0 radical (unpaired) electrons. The summed E-state index contributed by atoms with van der Waals surface area (Å²) < 4.78 is 49.2. The second-order valence-corrected chi connectivity index (χ2v) is 3.97. The molecule has 0 saturated heterocycles. The molecule has 0 aliphatic heterocycles. The Morgan fingerprint density at radius 2 is 1.67 bits per heavy atom. The van der Waals surface area contributed by atoms with E-state index in [9.17, 15) is 18.0 Å². The highest BCUT2D eigenvalue weighted by Crippen LogP contribution is 2.26. The van der Waals surface area contributed by atoms with Gasteiger partial charge in [-0.15, -0.1) is 0 Å². The van der Waals surface area contributed by atoms with Gasteiger partial charge in [-0.25, -0.2) is 18.0 Å². The topological polar surface area (TPSA) is 47.6 Å². The molecule has 2 aromatic rings. The molecule has 0 fully saturated rings. The molecule has 21 heavy (non-hydrogen) atoms. The Hall–Kier alpha value is -2.70. The number of methoxy groups -OCH3 is 1. The fraction of sp³-hybridized carbons (Fsp3) is 0.0714. The van der Waals surface area contributed by atoms with Crippen LogP contribution in [0.25, 0.3) is 0 Å².